The van der Waals surface area contributed by atoms with Gasteiger partial charge in [0.05, 0.1) is 11.5 Å². The van der Waals surface area contributed by atoms with Crippen molar-refractivity contribution in [2.45, 2.75) is 44.0 Å². The topological polar surface area (TPSA) is 107 Å². The third kappa shape index (κ3) is 9.89. The van der Waals surface area contributed by atoms with Gasteiger partial charge in [-0.05, 0) is 50.8 Å². The summed E-state index contributed by atoms with van der Waals surface area (Å²) in [6, 6.07) is 15.8. The number of nitrogens with two attached hydrogens (primary N) is 1. The molecule has 0 bridgehead atoms. The first-order valence-corrected chi connectivity index (χ1v) is 10.1. The van der Waals surface area contributed by atoms with Crippen molar-refractivity contribution in [1.82, 2.24) is 0 Å². The number of benzene rings is 2. The Bertz CT molecular complexity index is 787. The molecule has 27 heavy (non-hydrogen) atoms. The lowest BCUT2D eigenvalue weighted by molar-refractivity contribution is -0.144. The quantitative estimate of drug-likeness (QED) is 0.425. The van der Waals surface area contributed by atoms with Crippen molar-refractivity contribution in [3.05, 3.63) is 65.7 Å². The van der Waals surface area contributed by atoms with Crippen LogP contribution in [-0.2, 0) is 26.1 Å². The Balaban J connectivity index is 0.000000289. The number of carbonyl (C=O) groups is 1. The van der Waals surface area contributed by atoms with Gasteiger partial charge in [0, 0.05) is 0 Å². The van der Waals surface area contributed by atoms with Crippen molar-refractivity contribution in [1.29, 1.82) is 0 Å². The van der Waals surface area contributed by atoms with Crippen molar-refractivity contribution in [3.63, 3.8) is 0 Å². The number of hydrogen-bond donors (Lipinski definition) is 2. The number of rotatable bonds is 7. The molecule has 0 aliphatic rings. The number of carbonyl (C=O) groups excluding carboxylic acids is 1. The van der Waals surface area contributed by atoms with Crippen LogP contribution in [0.2, 0.25) is 0 Å². The van der Waals surface area contributed by atoms with Crippen LogP contribution in [0.5, 0.6) is 0 Å². The minimum Gasteiger partial charge on any atom is -0.465 e. The Morgan fingerprint density at radius 1 is 1.07 bits per heavy atom. The van der Waals surface area contributed by atoms with Gasteiger partial charge in [-0.1, -0.05) is 48.0 Å². The standard InChI is InChI=1S/C13H19NO2.C7H8O3S/c1-11(14)13(15)16-10-6-5-9-12-7-3-2-4-8-12;1-6-2-4-7(5-3-6)11(8,9)10/h2-4,7-8,11H,5-6,9-10,14H2,1H3;2-5H,1H3,(H,8,9,10)/t11-;/m0./s1. The highest BCUT2D eigenvalue weighted by Crippen LogP contribution is 2.08. The zero-order valence-electron chi connectivity index (χ0n) is 15.7. The van der Waals surface area contributed by atoms with Crippen molar-refractivity contribution in [2.24, 2.45) is 5.73 Å². The molecule has 0 aliphatic heterocycles. The van der Waals surface area contributed by atoms with Crippen LogP contribution in [0.1, 0.15) is 30.9 Å². The van der Waals surface area contributed by atoms with E-state index in [1.54, 1.807) is 19.1 Å². The highest BCUT2D eigenvalue weighted by Gasteiger charge is 2.07. The molecular weight excluding hydrogens is 366 g/mol. The SMILES string of the molecule is C[C@H](N)C(=O)OCCCCc1ccccc1.Cc1ccc(S(=O)(=O)O)cc1. The number of aryl methyl sites for hydroxylation is 2. The third-order valence-electron chi connectivity index (χ3n) is 3.64. The van der Waals surface area contributed by atoms with E-state index >= 15 is 0 Å². The van der Waals surface area contributed by atoms with Crippen LogP contribution in [0.3, 0.4) is 0 Å². The number of ether oxygens (including phenoxy) is 1. The van der Waals surface area contributed by atoms with Gasteiger partial charge in [0.15, 0.2) is 0 Å². The molecule has 2 aromatic carbocycles. The highest BCUT2D eigenvalue weighted by molar-refractivity contribution is 7.85. The van der Waals surface area contributed by atoms with E-state index in [0.717, 1.165) is 24.8 Å². The summed E-state index contributed by atoms with van der Waals surface area (Å²) in [6.45, 7) is 3.94. The zero-order valence-corrected chi connectivity index (χ0v) is 16.5. The van der Waals surface area contributed by atoms with Gasteiger partial charge in [0.1, 0.15) is 6.04 Å². The second-order valence-corrected chi connectivity index (χ2v) is 7.61. The highest BCUT2D eigenvalue weighted by atomic mass is 32.2. The summed E-state index contributed by atoms with van der Waals surface area (Å²) in [6.07, 6.45) is 2.93. The van der Waals surface area contributed by atoms with E-state index in [4.69, 9.17) is 15.0 Å². The summed E-state index contributed by atoms with van der Waals surface area (Å²) < 4.78 is 34.5. The van der Waals surface area contributed by atoms with Crippen LogP contribution in [0.15, 0.2) is 59.5 Å². The van der Waals surface area contributed by atoms with Gasteiger partial charge in [0.2, 0.25) is 0 Å². The maximum absolute atomic E-state index is 11.0. The lowest BCUT2D eigenvalue weighted by atomic mass is 10.1. The van der Waals surface area contributed by atoms with E-state index in [1.807, 2.05) is 25.1 Å². The molecule has 0 spiro atoms. The summed E-state index contributed by atoms with van der Waals surface area (Å²) in [7, 11) is -4.02. The van der Waals surface area contributed by atoms with E-state index < -0.39 is 16.2 Å². The normalized spacial score (nSPS) is 11.9. The molecule has 6 nitrogen and oxygen atoms in total. The first-order valence-electron chi connectivity index (χ1n) is 8.70. The molecule has 2 rings (SSSR count). The molecule has 7 heteroatoms. The third-order valence-corrected chi connectivity index (χ3v) is 4.51. The number of esters is 1. The summed E-state index contributed by atoms with van der Waals surface area (Å²) >= 11 is 0. The number of hydrogen-bond acceptors (Lipinski definition) is 5. The van der Waals surface area contributed by atoms with Crippen molar-refractivity contribution in [2.75, 3.05) is 6.61 Å². The molecule has 2 aromatic rings. The maximum atomic E-state index is 11.0. The Morgan fingerprint density at radius 3 is 2.19 bits per heavy atom. The fourth-order valence-electron chi connectivity index (χ4n) is 2.09. The molecule has 0 saturated heterocycles. The second-order valence-electron chi connectivity index (χ2n) is 6.19. The summed E-state index contributed by atoms with van der Waals surface area (Å²) in [4.78, 5) is 11.0. The smallest absolute Gasteiger partial charge is 0.322 e. The molecule has 0 unspecified atom stereocenters. The lowest BCUT2D eigenvalue weighted by Gasteiger charge is -2.06. The summed E-state index contributed by atoms with van der Waals surface area (Å²) in [5.41, 5.74) is 7.64. The molecule has 0 saturated carbocycles. The van der Waals surface area contributed by atoms with E-state index in [1.165, 1.54) is 17.7 Å². The largest absolute Gasteiger partial charge is 0.465 e. The minimum atomic E-state index is -4.02. The second kappa shape index (κ2) is 11.5. The van der Waals surface area contributed by atoms with E-state index in [2.05, 4.69) is 12.1 Å². The molecule has 1 atom stereocenters. The molecule has 0 radical (unpaired) electrons. The zero-order chi connectivity index (χ0) is 20.3. The van der Waals surface area contributed by atoms with Crippen LogP contribution in [0, 0.1) is 6.92 Å². The van der Waals surface area contributed by atoms with E-state index in [-0.39, 0.29) is 10.9 Å². The van der Waals surface area contributed by atoms with Gasteiger partial charge in [0.25, 0.3) is 10.1 Å². The monoisotopic (exact) mass is 393 g/mol. The van der Waals surface area contributed by atoms with Gasteiger partial charge < -0.3 is 10.5 Å². The molecular formula is C20H27NO5S. The van der Waals surface area contributed by atoms with Crippen molar-refractivity contribution < 1.29 is 22.5 Å². The van der Waals surface area contributed by atoms with Gasteiger partial charge in [-0.3, -0.25) is 9.35 Å². The maximum Gasteiger partial charge on any atom is 0.322 e. The molecule has 0 heterocycles. The van der Waals surface area contributed by atoms with Crippen molar-refractivity contribution in [3.8, 4) is 0 Å². The number of unbranched alkanes of at least 4 members (excludes halogenated alkanes) is 1. The van der Waals surface area contributed by atoms with Gasteiger partial charge in [-0.15, -0.1) is 0 Å². The summed E-state index contributed by atoms with van der Waals surface area (Å²) in [5.74, 6) is -0.320. The van der Waals surface area contributed by atoms with Gasteiger partial charge >= 0.3 is 5.97 Å². The molecule has 0 amide bonds. The van der Waals surface area contributed by atoms with E-state index in [9.17, 15) is 13.2 Å². The summed E-state index contributed by atoms with van der Waals surface area (Å²) in [5, 5.41) is 0. The Labute approximate surface area is 161 Å². The van der Waals surface area contributed by atoms with Crippen LogP contribution in [0.25, 0.3) is 0 Å². The predicted molar refractivity (Wildman–Crippen MR) is 105 cm³/mol. The fraction of sp³-hybridized carbons (Fsp3) is 0.350. The minimum absolute atomic E-state index is 0.0666. The molecule has 0 aliphatic carbocycles. The fourth-order valence-corrected chi connectivity index (χ4v) is 2.57. The molecule has 3 N–H and O–H groups in total. The van der Waals surface area contributed by atoms with Crippen molar-refractivity contribution >= 4 is 16.1 Å². The first kappa shape index (κ1) is 22.8. The lowest BCUT2D eigenvalue weighted by Crippen LogP contribution is -2.28. The van der Waals surface area contributed by atoms with Crippen LogP contribution in [0.4, 0.5) is 0 Å². The average molecular weight is 394 g/mol. The first-order chi connectivity index (χ1) is 12.7. The Hall–Kier alpha value is -2.22. The average Bonchev–Trinajstić information content (AvgIpc) is 2.62. The molecule has 0 aromatic heterocycles. The van der Waals surface area contributed by atoms with Gasteiger partial charge in [-0.2, -0.15) is 8.42 Å². The predicted octanol–water partition coefficient (Wildman–Crippen LogP) is 3.14. The Morgan fingerprint density at radius 2 is 1.67 bits per heavy atom. The Kier molecular flexibility index (Phi) is 9.71. The van der Waals surface area contributed by atoms with Crippen LogP contribution in [-0.4, -0.2) is 31.6 Å². The van der Waals surface area contributed by atoms with Gasteiger partial charge in [-0.25, -0.2) is 0 Å². The molecule has 0 fully saturated rings. The van der Waals surface area contributed by atoms with E-state index in [0.29, 0.717) is 6.61 Å². The molecule has 148 valence electrons. The van der Waals surface area contributed by atoms with Crippen LogP contribution >= 0.6 is 0 Å². The van der Waals surface area contributed by atoms with Crippen LogP contribution < -0.4 is 5.73 Å².